The fourth-order valence-corrected chi connectivity index (χ4v) is 2.88. The van der Waals surface area contributed by atoms with E-state index in [2.05, 4.69) is 4.98 Å². The molecule has 0 fully saturated rings. The van der Waals surface area contributed by atoms with Gasteiger partial charge in [0, 0.05) is 32.0 Å². The minimum absolute atomic E-state index is 0.107. The van der Waals surface area contributed by atoms with Gasteiger partial charge in [0.15, 0.2) is 11.7 Å². The molecule has 0 saturated heterocycles. The first-order valence-corrected chi connectivity index (χ1v) is 10.1. The normalized spacial score (nSPS) is 12.3. The Hall–Kier alpha value is -1.93. The number of rotatable bonds is 12. The summed E-state index contributed by atoms with van der Waals surface area (Å²) >= 11 is 6.16. The molecule has 1 atom stereocenters. The van der Waals surface area contributed by atoms with Gasteiger partial charge in [-0.1, -0.05) is 23.7 Å². The molecule has 0 saturated carbocycles. The second kappa shape index (κ2) is 11.9. The van der Waals surface area contributed by atoms with Crippen molar-refractivity contribution < 1.29 is 23.8 Å². The van der Waals surface area contributed by atoms with Crippen molar-refractivity contribution in [1.82, 2.24) is 9.88 Å². The van der Waals surface area contributed by atoms with E-state index in [0.717, 1.165) is 5.56 Å². The number of aryl methyl sites for hydroxylation is 1. The van der Waals surface area contributed by atoms with Gasteiger partial charge < -0.3 is 23.9 Å². The molecule has 2 aromatic rings. The number of nitrogens with zero attached hydrogens (tertiary/aromatic N) is 2. The van der Waals surface area contributed by atoms with Gasteiger partial charge in [-0.2, -0.15) is 0 Å². The molecule has 2 rings (SSSR count). The lowest BCUT2D eigenvalue weighted by atomic mass is 10.2. The van der Waals surface area contributed by atoms with E-state index in [1.54, 1.807) is 19.3 Å². The van der Waals surface area contributed by atoms with Crippen molar-refractivity contribution in [3.63, 3.8) is 0 Å². The number of carbonyl (C=O) groups is 1. The predicted octanol–water partition coefficient (Wildman–Crippen LogP) is 3.19. The molecule has 0 aliphatic heterocycles. The first kappa shape index (κ1) is 23.3. The molecule has 0 spiro atoms. The van der Waals surface area contributed by atoms with Crippen molar-refractivity contribution in [2.75, 3.05) is 33.4 Å². The summed E-state index contributed by atoms with van der Waals surface area (Å²) in [6.45, 7) is 5.13. The van der Waals surface area contributed by atoms with E-state index in [-0.39, 0.29) is 31.6 Å². The molecule has 0 radical (unpaired) electrons. The highest BCUT2D eigenvalue weighted by atomic mass is 35.5. The summed E-state index contributed by atoms with van der Waals surface area (Å²) in [5.74, 6) is 0.931. The molecular formula is C21H29ClN2O5. The second-order valence-electron chi connectivity index (χ2n) is 7.02. The zero-order valence-electron chi connectivity index (χ0n) is 17.1. The summed E-state index contributed by atoms with van der Waals surface area (Å²) in [6, 6.07) is 7.35. The van der Waals surface area contributed by atoms with Crippen LogP contribution < -0.4 is 0 Å². The van der Waals surface area contributed by atoms with E-state index in [1.165, 1.54) is 4.90 Å². The van der Waals surface area contributed by atoms with E-state index < -0.39 is 6.10 Å². The number of likely N-dealkylation sites (N-methyl/N-ethyl adjacent to an activating group) is 1. The monoisotopic (exact) mass is 424 g/mol. The molecule has 0 bridgehead atoms. The molecule has 0 aliphatic carbocycles. The number of amides is 1. The molecule has 1 heterocycles. The predicted molar refractivity (Wildman–Crippen MR) is 111 cm³/mol. The van der Waals surface area contributed by atoms with Crippen LogP contribution in [0.5, 0.6) is 0 Å². The van der Waals surface area contributed by atoms with Crippen molar-refractivity contribution in [3.05, 3.63) is 41.4 Å². The highest BCUT2D eigenvalue weighted by molar-refractivity contribution is 6.33. The maximum absolute atomic E-state index is 12.3. The maximum Gasteiger partial charge on any atom is 0.222 e. The lowest BCUT2D eigenvalue weighted by Gasteiger charge is -2.20. The zero-order chi connectivity index (χ0) is 21.2. The van der Waals surface area contributed by atoms with Crippen LogP contribution in [0.15, 0.2) is 34.9 Å². The molecule has 0 unspecified atom stereocenters. The standard InChI is InChI=1S/C21H29ClN2O5/c1-15(2)28-11-10-27-14-16(25)13-24(3)21(26)9-8-20-23-12-19(29-20)17-6-4-5-7-18(17)22/h4-7,12,15-16,25H,8-11,13-14H2,1-3H3/t16-/m0/s1. The average molecular weight is 425 g/mol. The third-order valence-corrected chi connectivity index (χ3v) is 4.47. The largest absolute Gasteiger partial charge is 0.441 e. The summed E-state index contributed by atoms with van der Waals surface area (Å²) in [5, 5.41) is 10.6. The van der Waals surface area contributed by atoms with Gasteiger partial charge in [0.1, 0.15) is 0 Å². The number of halogens is 1. The Labute approximate surface area is 176 Å². The molecule has 0 aliphatic rings. The smallest absolute Gasteiger partial charge is 0.222 e. The summed E-state index contributed by atoms with van der Waals surface area (Å²) < 4.78 is 16.4. The van der Waals surface area contributed by atoms with Crippen LogP contribution in [-0.2, 0) is 20.7 Å². The number of hydrogen-bond acceptors (Lipinski definition) is 6. The van der Waals surface area contributed by atoms with Crippen LogP contribution >= 0.6 is 11.6 Å². The number of aliphatic hydroxyl groups is 1. The van der Waals surface area contributed by atoms with Gasteiger partial charge in [-0.25, -0.2) is 4.98 Å². The summed E-state index contributed by atoms with van der Waals surface area (Å²) in [4.78, 5) is 18.0. The van der Waals surface area contributed by atoms with Crippen LogP contribution in [0, 0.1) is 0 Å². The van der Waals surface area contributed by atoms with Gasteiger partial charge >= 0.3 is 0 Å². The van der Waals surface area contributed by atoms with Crippen LogP contribution in [0.4, 0.5) is 0 Å². The van der Waals surface area contributed by atoms with Crippen molar-refractivity contribution in [2.45, 2.75) is 38.9 Å². The lowest BCUT2D eigenvalue weighted by molar-refractivity contribution is -0.131. The highest BCUT2D eigenvalue weighted by Crippen LogP contribution is 2.28. The Kier molecular flexibility index (Phi) is 9.60. The van der Waals surface area contributed by atoms with Crippen LogP contribution in [0.3, 0.4) is 0 Å². The Morgan fingerprint density at radius 1 is 1.31 bits per heavy atom. The molecule has 1 amide bonds. The molecule has 7 nitrogen and oxygen atoms in total. The van der Waals surface area contributed by atoms with E-state index >= 15 is 0 Å². The molecule has 160 valence electrons. The van der Waals surface area contributed by atoms with Crippen molar-refractivity contribution in [2.24, 2.45) is 0 Å². The zero-order valence-corrected chi connectivity index (χ0v) is 17.9. The molecule has 29 heavy (non-hydrogen) atoms. The van der Waals surface area contributed by atoms with Gasteiger partial charge in [0.05, 0.1) is 43.2 Å². The van der Waals surface area contributed by atoms with E-state index in [4.69, 9.17) is 25.5 Å². The fraction of sp³-hybridized carbons (Fsp3) is 0.524. The summed E-state index contributed by atoms with van der Waals surface area (Å²) in [6.07, 6.45) is 1.60. The number of ether oxygens (including phenoxy) is 2. The first-order chi connectivity index (χ1) is 13.9. The van der Waals surface area contributed by atoms with Gasteiger partial charge in [-0.05, 0) is 26.0 Å². The second-order valence-corrected chi connectivity index (χ2v) is 7.43. The molecular weight excluding hydrogens is 396 g/mol. The third kappa shape index (κ3) is 8.14. The number of aliphatic hydroxyl groups excluding tert-OH is 1. The third-order valence-electron chi connectivity index (χ3n) is 4.15. The Morgan fingerprint density at radius 2 is 2.07 bits per heavy atom. The van der Waals surface area contributed by atoms with Crippen LogP contribution in [0.1, 0.15) is 26.2 Å². The number of benzene rings is 1. The first-order valence-electron chi connectivity index (χ1n) is 9.67. The molecule has 8 heteroatoms. The van der Waals surface area contributed by atoms with Crippen LogP contribution in [0.25, 0.3) is 11.3 Å². The number of aromatic nitrogens is 1. The Bertz CT molecular complexity index is 765. The topological polar surface area (TPSA) is 85.0 Å². The molecule has 1 N–H and O–H groups in total. The number of oxazole rings is 1. The van der Waals surface area contributed by atoms with E-state index in [1.807, 2.05) is 32.0 Å². The van der Waals surface area contributed by atoms with Gasteiger partial charge in [-0.3, -0.25) is 4.79 Å². The fourth-order valence-electron chi connectivity index (χ4n) is 2.65. The summed E-state index contributed by atoms with van der Waals surface area (Å²) in [7, 11) is 1.65. The van der Waals surface area contributed by atoms with Crippen LogP contribution in [-0.4, -0.2) is 66.5 Å². The maximum atomic E-state index is 12.3. The van der Waals surface area contributed by atoms with Gasteiger partial charge in [0.2, 0.25) is 5.91 Å². The quantitative estimate of drug-likeness (QED) is 0.527. The van der Waals surface area contributed by atoms with Gasteiger partial charge in [0.25, 0.3) is 0 Å². The molecule has 1 aromatic heterocycles. The number of carbonyl (C=O) groups excluding carboxylic acids is 1. The van der Waals surface area contributed by atoms with E-state index in [9.17, 15) is 9.90 Å². The highest BCUT2D eigenvalue weighted by Gasteiger charge is 2.16. The van der Waals surface area contributed by atoms with Gasteiger partial charge in [-0.15, -0.1) is 0 Å². The SMILES string of the molecule is CC(C)OCCOC[C@@H](O)CN(C)C(=O)CCc1ncc(-c2ccccc2Cl)o1. The summed E-state index contributed by atoms with van der Waals surface area (Å²) in [5.41, 5.74) is 0.762. The Morgan fingerprint density at radius 3 is 2.79 bits per heavy atom. The minimum Gasteiger partial charge on any atom is -0.441 e. The van der Waals surface area contributed by atoms with Crippen molar-refractivity contribution >= 4 is 17.5 Å². The Balaban J connectivity index is 1.71. The minimum atomic E-state index is -0.753. The number of hydrogen-bond donors (Lipinski definition) is 1. The van der Waals surface area contributed by atoms with Crippen LogP contribution in [0.2, 0.25) is 5.02 Å². The lowest BCUT2D eigenvalue weighted by Crippen LogP contribution is -2.36. The molecule has 1 aromatic carbocycles. The van der Waals surface area contributed by atoms with E-state index in [0.29, 0.717) is 36.3 Å². The van der Waals surface area contributed by atoms with Crippen molar-refractivity contribution in [1.29, 1.82) is 0 Å². The average Bonchev–Trinajstić information content (AvgIpc) is 3.14. The van der Waals surface area contributed by atoms with Crippen molar-refractivity contribution in [3.8, 4) is 11.3 Å².